The Balaban J connectivity index is 2.17. The van der Waals surface area contributed by atoms with Crippen molar-refractivity contribution in [2.45, 2.75) is 29.5 Å². The van der Waals surface area contributed by atoms with Gasteiger partial charge in [-0.05, 0) is 25.5 Å². The Morgan fingerprint density at radius 2 is 1.84 bits per heavy atom. The lowest BCUT2D eigenvalue weighted by Crippen LogP contribution is -2.51. The van der Waals surface area contributed by atoms with Gasteiger partial charge in [0.05, 0.1) is 4.90 Å². The average Bonchev–Trinajstić information content (AvgIpc) is 2.90. The van der Waals surface area contributed by atoms with E-state index < -0.39 is 37.5 Å². The van der Waals surface area contributed by atoms with Gasteiger partial charge in [0.1, 0.15) is 6.04 Å². The van der Waals surface area contributed by atoms with E-state index in [0.717, 1.165) is 12.6 Å². The molecule has 1 aliphatic heterocycles. The number of hydrogen-bond acceptors (Lipinski definition) is 6. The summed E-state index contributed by atoms with van der Waals surface area (Å²) in [6.45, 7) is 1.66. The monoisotopic (exact) mass is 409 g/mol. The van der Waals surface area contributed by atoms with E-state index in [9.17, 15) is 26.2 Å². The maximum Gasteiger partial charge on any atom is 0.336 e. The van der Waals surface area contributed by atoms with Crippen LogP contribution in [0.5, 0.6) is 0 Å². The molecule has 0 radical (unpaired) electrons. The maximum atomic E-state index is 12.5. The van der Waals surface area contributed by atoms with Crippen molar-refractivity contribution in [3.8, 4) is 0 Å². The second-order valence-corrected chi connectivity index (χ2v) is 9.78. The fraction of sp³-hybridized carbons (Fsp3) is 0.462. The predicted molar refractivity (Wildman–Crippen MR) is 93.7 cm³/mol. The van der Waals surface area contributed by atoms with Gasteiger partial charge in [-0.25, -0.2) is 8.42 Å². The summed E-state index contributed by atoms with van der Waals surface area (Å²) in [4.78, 5) is 12.3. The van der Waals surface area contributed by atoms with Gasteiger partial charge in [-0.15, -0.1) is 4.41 Å². The molecule has 25 heavy (non-hydrogen) atoms. The molecule has 0 spiro atoms. The lowest BCUT2D eigenvalue weighted by molar-refractivity contribution is -0.127. The summed E-state index contributed by atoms with van der Waals surface area (Å²) in [7, 11) is -7.46. The zero-order valence-corrected chi connectivity index (χ0v) is 16.1. The van der Waals surface area contributed by atoms with E-state index in [1.54, 1.807) is 19.1 Å². The van der Waals surface area contributed by atoms with Gasteiger partial charge in [0.25, 0.3) is 15.9 Å². The van der Waals surface area contributed by atoms with Gasteiger partial charge in [-0.2, -0.15) is 25.4 Å². The maximum absolute atomic E-state index is 12.5. The molecular weight excluding hydrogens is 390 g/mol. The van der Waals surface area contributed by atoms with Crippen molar-refractivity contribution in [2.75, 3.05) is 13.6 Å². The molecule has 1 heterocycles. The van der Waals surface area contributed by atoms with Gasteiger partial charge in [0.2, 0.25) is 0 Å². The summed E-state index contributed by atoms with van der Waals surface area (Å²) in [6.07, 6.45) is 0.0488. The summed E-state index contributed by atoms with van der Waals surface area (Å²) in [5, 5.41) is -0.448. The summed E-state index contributed by atoms with van der Waals surface area (Å²) < 4.78 is 58.0. The zero-order chi connectivity index (χ0) is 19.0. The van der Waals surface area contributed by atoms with Crippen molar-refractivity contribution in [1.29, 1.82) is 0 Å². The molecule has 0 saturated carbocycles. The number of hydrazine groups is 1. The van der Waals surface area contributed by atoms with E-state index in [1.165, 1.54) is 12.1 Å². The van der Waals surface area contributed by atoms with E-state index >= 15 is 0 Å². The van der Waals surface area contributed by atoms with Crippen molar-refractivity contribution >= 4 is 38.9 Å². The number of thiol groups is 1. The molecule has 1 amide bonds. The van der Waals surface area contributed by atoms with Crippen LogP contribution in [0, 0.1) is 6.92 Å². The molecule has 140 valence electrons. The van der Waals surface area contributed by atoms with E-state index in [-0.39, 0.29) is 17.9 Å². The van der Waals surface area contributed by atoms with Gasteiger partial charge in [-0.1, -0.05) is 17.7 Å². The van der Waals surface area contributed by atoms with Crippen LogP contribution in [0.2, 0.25) is 0 Å². The standard InChI is InChI=1S/C13H19N3O6S3/c1-9-3-5-11(6-4-9)24(18,19)15(2)14-13(17)12-7-10(23)8-16(12)25(20,21)22/h3-6,10,12,23H,7-8H2,1-2H3,(H,14,17)(H,20,21,22). The van der Waals surface area contributed by atoms with Crippen LogP contribution in [0.25, 0.3) is 0 Å². The molecule has 9 nitrogen and oxygen atoms in total. The molecule has 1 aromatic carbocycles. The summed E-state index contributed by atoms with van der Waals surface area (Å²) in [5.74, 6) is -0.868. The third-order valence-corrected chi connectivity index (χ3v) is 6.83. The van der Waals surface area contributed by atoms with Crippen LogP contribution in [-0.4, -0.2) is 60.9 Å². The molecule has 0 bridgehead atoms. The molecule has 0 aliphatic carbocycles. The first-order chi connectivity index (χ1) is 11.4. The fourth-order valence-electron chi connectivity index (χ4n) is 2.44. The van der Waals surface area contributed by atoms with Crippen LogP contribution in [-0.2, 0) is 25.1 Å². The smallest absolute Gasteiger partial charge is 0.274 e. The third-order valence-electron chi connectivity index (χ3n) is 3.78. The number of amides is 1. The molecule has 1 aromatic rings. The van der Waals surface area contributed by atoms with Crippen molar-refractivity contribution in [3.63, 3.8) is 0 Å². The predicted octanol–water partition coefficient (Wildman–Crippen LogP) is -0.178. The number of benzene rings is 1. The van der Waals surface area contributed by atoms with Crippen LogP contribution >= 0.6 is 12.6 Å². The first-order valence-corrected chi connectivity index (χ1v) is 10.6. The minimum Gasteiger partial charge on any atom is -0.274 e. The lowest BCUT2D eigenvalue weighted by Gasteiger charge is -2.23. The van der Waals surface area contributed by atoms with E-state index in [2.05, 4.69) is 18.1 Å². The molecule has 2 rings (SSSR count). The lowest BCUT2D eigenvalue weighted by atomic mass is 10.2. The minimum atomic E-state index is -4.60. The van der Waals surface area contributed by atoms with E-state index in [0.29, 0.717) is 8.72 Å². The van der Waals surface area contributed by atoms with Crippen molar-refractivity contribution < 1.29 is 26.2 Å². The quantitative estimate of drug-likeness (QED) is 0.352. The zero-order valence-electron chi connectivity index (χ0n) is 13.5. The number of aryl methyl sites for hydroxylation is 1. The Bertz CT molecular complexity index is 854. The first-order valence-electron chi connectivity index (χ1n) is 7.21. The van der Waals surface area contributed by atoms with Crippen molar-refractivity contribution in [2.24, 2.45) is 0 Å². The van der Waals surface area contributed by atoms with Crippen LogP contribution in [0.3, 0.4) is 0 Å². The number of hydrogen-bond donors (Lipinski definition) is 3. The molecule has 12 heteroatoms. The van der Waals surface area contributed by atoms with Gasteiger partial charge in [0, 0.05) is 18.8 Å². The Kier molecular flexibility index (Phi) is 5.81. The molecule has 2 N–H and O–H groups in total. The second-order valence-electron chi connectivity index (χ2n) is 5.71. The van der Waals surface area contributed by atoms with Gasteiger partial charge < -0.3 is 0 Å². The minimum absolute atomic E-state index is 0.0222. The average molecular weight is 410 g/mol. The topological polar surface area (TPSA) is 124 Å². The van der Waals surface area contributed by atoms with Gasteiger partial charge in [0.15, 0.2) is 0 Å². The highest BCUT2D eigenvalue weighted by Gasteiger charge is 2.42. The van der Waals surface area contributed by atoms with Crippen LogP contribution in [0.1, 0.15) is 12.0 Å². The summed E-state index contributed by atoms with van der Waals surface area (Å²) >= 11 is 4.12. The van der Waals surface area contributed by atoms with Crippen molar-refractivity contribution in [3.05, 3.63) is 29.8 Å². The molecule has 2 unspecified atom stereocenters. The molecule has 2 atom stereocenters. The molecule has 1 fully saturated rings. The number of rotatable bonds is 5. The van der Waals surface area contributed by atoms with Crippen LogP contribution < -0.4 is 5.43 Å². The Hall–Kier alpha value is -1.18. The number of nitrogens with one attached hydrogen (secondary N) is 1. The largest absolute Gasteiger partial charge is 0.336 e. The number of sulfonamides is 1. The highest BCUT2D eigenvalue weighted by Crippen LogP contribution is 2.24. The molecular formula is C13H19N3O6S3. The van der Waals surface area contributed by atoms with E-state index in [4.69, 9.17) is 0 Å². The fourth-order valence-corrected chi connectivity index (χ4v) is 4.80. The SMILES string of the molecule is Cc1ccc(S(=O)(=O)N(C)NC(=O)C2CC(S)CN2S(=O)(=O)O)cc1. The summed E-state index contributed by atoms with van der Waals surface area (Å²) in [5.41, 5.74) is 3.03. The van der Waals surface area contributed by atoms with Crippen LogP contribution in [0.15, 0.2) is 29.2 Å². The Morgan fingerprint density at radius 3 is 2.36 bits per heavy atom. The van der Waals surface area contributed by atoms with Crippen molar-refractivity contribution in [1.82, 2.24) is 14.1 Å². The number of nitrogens with zero attached hydrogens (tertiary/aromatic N) is 2. The Morgan fingerprint density at radius 1 is 1.28 bits per heavy atom. The summed E-state index contributed by atoms with van der Waals surface area (Å²) in [6, 6.07) is 4.79. The van der Waals surface area contributed by atoms with Crippen LogP contribution in [0.4, 0.5) is 0 Å². The first kappa shape index (κ1) is 20.1. The molecule has 1 saturated heterocycles. The second kappa shape index (κ2) is 7.21. The van der Waals surface area contributed by atoms with E-state index in [1.807, 2.05) is 0 Å². The highest BCUT2D eigenvalue weighted by atomic mass is 32.2. The Labute approximate surface area is 152 Å². The van der Waals surface area contributed by atoms with Gasteiger partial charge in [-0.3, -0.25) is 14.8 Å². The highest BCUT2D eigenvalue weighted by molar-refractivity contribution is 7.89. The van der Waals surface area contributed by atoms with Gasteiger partial charge >= 0.3 is 10.3 Å². The molecule has 1 aliphatic rings. The normalized spacial score (nSPS) is 22.3. The number of carbonyl (C=O) groups is 1. The third kappa shape index (κ3) is 4.51. The number of carbonyl (C=O) groups excluding carboxylic acids is 1. The molecule has 0 aromatic heterocycles.